The number of benzene rings is 3. The molecule has 2 N–H and O–H groups in total. The molecule has 1 heterocycles. The maximum absolute atomic E-state index is 14.8. The molecule has 0 radical (unpaired) electrons. The van der Waals surface area contributed by atoms with Gasteiger partial charge in [0.1, 0.15) is 29.4 Å². The number of halogens is 1. The van der Waals surface area contributed by atoms with Gasteiger partial charge in [0.2, 0.25) is 16.9 Å². The van der Waals surface area contributed by atoms with Crippen LogP contribution in [0.5, 0.6) is 5.75 Å². The summed E-state index contributed by atoms with van der Waals surface area (Å²) in [6, 6.07) is 18.0. The molecule has 1 aliphatic heterocycles. The summed E-state index contributed by atoms with van der Waals surface area (Å²) >= 11 is 8.64. The van der Waals surface area contributed by atoms with E-state index in [1.807, 2.05) is 26.2 Å². The number of carbonyl (C=O) groups is 5. The van der Waals surface area contributed by atoms with Crippen LogP contribution in [0, 0.1) is 5.41 Å². The van der Waals surface area contributed by atoms with E-state index in [1.54, 1.807) is 86.3 Å². The van der Waals surface area contributed by atoms with Gasteiger partial charge in [-0.1, -0.05) is 81.5 Å². The van der Waals surface area contributed by atoms with Gasteiger partial charge in [0, 0.05) is 15.6 Å². The molecule has 10 nitrogen and oxygen atoms in total. The van der Waals surface area contributed by atoms with Crippen LogP contribution in [-0.2, 0) is 28.7 Å². The summed E-state index contributed by atoms with van der Waals surface area (Å²) in [6.45, 7) is 8.44. The number of nitrogens with zero attached hydrogens (tertiary/aromatic N) is 1. The minimum Gasteiger partial charge on any atom is -0.483 e. The predicted molar refractivity (Wildman–Crippen MR) is 211 cm³/mol. The largest absolute Gasteiger partial charge is 0.483 e. The molecule has 0 bridgehead atoms. The van der Waals surface area contributed by atoms with Crippen molar-refractivity contribution >= 4 is 75.3 Å². The Hall–Kier alpha value is -4.00. The molecule has 0 spiro atoms. The lowest BCUT2D eigenvalue weighted by molar-refractivity contribution is -0.154. The Bertz CT molecular complexity index is 1770. The molecule has 1 atom stereocenters. The summed E-state index contributed by atoms with van der Waals surface area (Å²) in [5, 5.41) is 5.58. The van der Waals surface area contributed by atoms with Crippen LogP contribution in [-0.4, -0.2) is 53.8 Å². The number of hydrogen-bond donors (Lipinski definition) is 2. The Labute approximate surface area is 325 Å². The van der Waals surface area contributed by atoms with Crippen molar-refractivity contribution in [3.63, 3.8) is 0 Å². The van der Waals surface area contributed by atoms with E-state index in [1.165, 1.54) is 11.8 Å². The number of ether oxygens (including phenoxy) is 2. The maximum atomic E-state index is 14.8. The number of anilines is 2. The van der Waals surface area contributed by atoms with Gasteiger partial charge in [-0.3, -0.25) is 28.9 Å². The number of esters is 1. The first-order valence-electron chi connectivity index (χ1n) is 17.7. The number of amides is 3. The molecule has 0 unspecified atom stereocenters. The number of unbranched alkanes of at least 4 members (excludes halogenated alkanes) is 2. The first-order chi connectivity index (χ1) is 25.2. The van der Waals surface area contributed by atoms with E-state index in [0.717, 1.165) is 37.4 Å². The van der Waals surface area contributed by atoms with E-state index >= 15 is 0 Å². The SMILES string of the molecule is CCCCC1(CCCC)C(=O)Sc2cc(OCC(=O)N[C@@H](C(=O)NCC(=O)OC(C)(C)C)c3ccccc3)c(SC)cc2N(c2ccc(Cl)cc2)C1=O. The number of rotatable bonds is 16. The quantitative estimate of drug-likeness (QED) is 0.0836. The molecule has 284 valence electrons. The molecule has 0 saturated heterocycles. The molecule has 53 heavy (non-hydrogen) atoms. The first-order valence-corrected chi connectivity index (χ1v) is 20.2. The van der Waals surface area contributed by atoms with Crippen molar-refractivity contribution < 1.29 is 33.4 Å². The highest BCUT2D eigenvalue weighted by molar-refractivity contribution is 8.14. The van der Waals surface area contributed by atoms with Crippen molar-refractivity contribution in [3.05, 3.63) is 77.3 Å². The van der Waals surface area contributed by atoms with Gasteiger partial charge in [0.15, 0.2) is 6.61 Å². The van der Waals surface area contributed by atoms with Crippen LogP contribution < -0.4 is 20.3 Å². The van der Waals surface area contributed by atoms with Gasteiger partial charge >= 0.3 is 5.97 Å². The lowest BCUT2D eigenvalue weighted by Crippen LogP contribution is -2.45. The summed E-state index contributed by atoms with van der Waals surface area (Å²) in [5.74, 6) is -1.72. The third-order valence-electron chi connectivity index (χ3n) is 8.58. The van der Waals surface area contributed by atoms with Crippen LogP contribution in [0.2, 0.25) is 5.02 Å². The molecule has 0 fully saturated rings. The van der Waals surface area contributed by atoms with E-state index in [2.05, 4.69) is 10.6 Å². The normalized spacial score (nSPS) is 14.5. The molecule has 3 aromatic carbocycles. The van der Waals surface area contributed by atoms with Crippen LogP contribution in [0.3, 0.4) is 0 Å². The fourth-order valence-electron chi connectivity index (χ4n) is 5.94. The third kappa shape index (κ3) is 10.8. The zero-order valence-electron chi connectivity index (χ0n) is 31.1. The van der Waals surface area contributed by atoms with Crippen molar-refractivity contribution in [2.24, 2.45) is 5.41 Å². The van der Waals surface area contributed by atoms with Crippen LogP contribution in [0.1, 0.15) is 84.7 Å². The van der Waals surface area contributed by atoms with E-state index in [0.29, 0.717) is 50.3 Å². The summed E-state index contributed by atoms with van der Waals surface area (Å²) < 4.78 is 11.4. The maximum Gasteiger partial charge on any atom is 0.325 e. The number of fused-ring (bicyclic) bond motifs is 1. The van der Waals surface area contributed by atoms with Crippen LogP contribution >= 0.6 is 35.1 Å². The van der Waals surface area contributed by atoms with Gasteiger partial charge in [-0.05, 0) is 93.6 Å². The molecule has 13 heteroatoms. The highest BCUT2D eigenvalue weighted by atomic mass is 35.5. The van der Waals surface area contributed by atoms with E-state index in [-0.39, 0.29) is 17.6 Å². The van der Waals surface area contributed by atoms with Gasteiger partial charge in [-0.25, -0.2) is 0 Å². The minimum atomic E-state index is -1.23. The van der Waals surface area contributed by atoms with Gasteiger partial charge in [-0.2, -0.15) is 0 Å². The summed E-state index contributed by atoms with van der Waals surface area (Å²) in [5.41, 5.74) is -0.316. The molecule has 0 saturated carbocycles. The molecule has 0 aromatic heterocycles. The second kappa shape index (κ2) is 18.9. The van der Waals surface area contributed by atoms with Crippen molar-refractivity contribution in [2.75, 3.05) is 24.3 Å². The monoisotopic (exact) mass is 781 g/mol. The van der Waals surface area contributed by atoms with Gasteiger partial charge in [0.25, 0.3) is 5.91 Å². The number of carbonyl (C=O) groups excluding carboxylic acids is 5. The Morgan fingerprint density at radius 1 is 0.962 bits per heavy atom. The molecular weight excluding hydrogens is 734 g/mol. The smallest absolute Gasteiger partial charge is 0.325 e. The summed E-state index contributed by atoms with van der Waals surface area (Å²) in [7, 11) is 0. The lowest BCUT2D eigenvalue weighted by atomic mass is 9.77. The molecule has 3 aromatic rings. The lowest BCUT2D eigenvalue weighted by Gasteiger charge is -2.34. The average molecular weight is 782 g/mol. The van der Waals surface area contributed by atoms with Crippen LogP contribution in [0.15, 0.2) is 76.5 Å². The summed E-state index contributed by atoms with van der Waals surface area (Å²) in [4.78, 5) is 70.8. The summed E-state index contributed by atoms with van der Waals surface area (Å²) in [6.07, 6.45) is 5.81. The zero-order chi connectivity index (χ0) is 38.8. The van der Waals surface area contributed by atoms with Crippen LogP contribution in [0.4, 0.5) is 11.4 Å². The Kier molecular flexibility index (Phi) is 14.8. The van der Waals surface area contributed by atoms with Crippen molar-refractivity contribution in [1.82, 2.24) is 10.6 Å². The second-order valence-electron chi connectivity index (χ2n) is 13.8. The minimum absolute atomic E-state index is 0.217. The highest BCUT2D eigenvalue weighted by Crippen LogP contribution is 2.51. The van der Waals surface area contributed by atoms with E-state index < -0.39 is 41.4 Å². The number of nitrogens with one attached hydrogen (secondary N) is 2. The highest BCUT2D eigenvalue weighted by Gasteiger charge is 2.50. The van der Waals surface area contributed by atoms with Gasteiger partial charge in [0.05, 0.1) is 10.6 Å². The van der Waals surface area contributed by atoms with Crippen molar-refractivity contribution in [2.45, 2.75) is 94.6 Å². The zero-order valence-corrected chi connectivity index (χ0v) is 33.5. The molecule has 3 amide bonds. The van der Waals surface area contributed by atoms with Crippen LogP contribution in [0.25, 0.3) is 0 Å². The predicted octanol–water partition coefficient (Wildman–Crippen LogP) is 8.42. The fraction of sp³-hybridized carbons (Fsp3) is 0.425. The fourth-order valence-corrected chi connectivity index (χ4v) is 7.73. The average Bonchev–Trinajstić information content (AvgIpc) is 3.21. The van der Waals surface area contributed by atoms with Gasteiger partial charge < -0.3 is 20.1 Å². The molecule has 0 aliphatic carbocycles. The Balaban J connectivity index is 1.64. The molecule has 1 aliphatic rings. The standard InChI is InChI=1S/C40H48ClN3O7S2/c1-7-9-20-40(21-10-8-2)37(48)44(28-18-16-27(41)17-19-28)29-22-32(52-6)30(23-31(29)53-38(40)49)50-25-33(45)43-35(26-14-12-11-13-15-26)36(47)42-24-34(46)51-39(3,4)5/h11-19,22-23,35H,7-10,20-21,24-25H2,1-6H3,(H,42,47)(H,43,45)/t35-/m1/s1. The van der Waals surface area contributed by atoms with Crippen molar-refractivity contribution in [1.29, 1.82) is 0 Å². The second-order valence-corrected chi connectivity index (χ2v) is 16.1. The third-order valence-corrected chi connectivity index (χ3v) is 10.7. The topological polar surface area (TPSA) is 131 Å². The van der Waals surface area contributed by atoms with Crippen molar-refractivity contribution in [3.8, 4) is 5.75 Å². The van der Waals surface area contributed by atoms with Gasteiger partial charge in [-0.15, -0.1) is 11.8 Å². The number of thioether (sulfide) groups is 2. The number of hydrogen-bond acceptors (Lipinski definition) is 9. The Morgan fingerprint density at radius 2 is 1.60 bits per heavy atom. The molecule has 4 rings (SSSR count). The first kappa shape index (κ1) is 41.8. The Morgan fingerprint density at radius 3 is 2.19 bits per heavy atom. The van der Waals surface area contributed by atoms with E-state index in [9.17, 15) is 24.0 Å². The van der Waals surface area contributed by atoms with E-state index in [4.69, 9.17) is 21.1 Å². The molecular formula is C40H48ClN3O7S2.